The molecule has 0 radical (unpaired) electrons. The summed E-state index contributed by atoms with van der Waals surface area (Å²) in [4.78, 5) is 24.6. The maximum atomic E-state index is 12.4. The lowest BCUT2D eigenvalue weighted by molar-refractivity contribution is -0.113. The van der Waals surface area contributed by atoms with Crippen LogP contribution in [-0.4, -0.2) is 31.1 Å². The highest BCUT2D eigenvalue weighted by Crippen LogP contribution is 2.27. The van der Waals surface area contributed by atoms with E-state index in [2.05, 4.69) is 10.6 Å². The standard InChI is InChI=1S/C23H22N2O5S/c1-15-6-8-17(9-7-15)23(28)25-20-11-10-18(13-21(20)26)24-22(27)14-31(29,30)19-5-3-4-16(2)12-19/h3-13,26H,14H2,1-2H3,(H,24,27)(H,25,28). The molecule has 160 valence electrons. The number of nitrogens with one attached hydrogen (secondary N) is 2. The summed E-state index contributed by atoms with van der Waals surface area (Å²) < 4.78 is 24.9. The molecule has 7 nitrogen and oxygen atoms in total. The summed E-state index contributed by atoms with van der Waals surface area (Å²) in [6.45, 7) is 3.67. The molecule has 0 saturated carbocycles. The zero-order valence-corrected chi connectivity index (χ0v) is 17.9. The van der Waals surface area contributed by atoms with Crippen molar-refractivity contribution in [1.82, 2.24) is 0 Å². The maximum Gasteiger partial charge on any atom is 0.255 e. The van der Waals surface area contributed by atoms with Crippen LogP contribution in [0.1, 0.15) is 21.5 Å². The van der Waals surface area contributed by atoms with Crippen molar-refractivity contribution in [2.24, 2.45) is 0 Å². The number of amides is 2. The molecule has 0 atom stereocenters. The van der Waals surface area contributed by atoms with E-state index in [-0.39, 0.29) is 22.0 Å². The summed E-state index contributed by atoms with van der Waals surface area (Å²) in [5, 5.41) is 15.2. The number of anilines is 2. The van der Waals surface area contributed by atoms with Gasteiger partial charge in [-0.2, -0.15) is 0 Å². The van der Waals surface area contributed by atoms with Gasteiger partial charge in [0, 0.05) is 17.3 Å². The van der Waals surface area contributed by atoms with E-state index in [1.807, 2.05) is 6.92 Å². The molecule has 0 aliphatic rings. The van der Waals surface area contributed by atoms with E-state index < -0.39 is 27.4 Å². The van der Waals surface area contributed by atoms with Crippen molar-refractivity contribution in [2.75, 3.05) is 16.4 Å². The van der Waals surface area contributed by atoms with Gasteiger partial charge >= 0.3 is 0 Å². The largest absolute Gasteiger partial charge is 0.506 e. The maximum absolute atomic E-state index is 12.4. The van der Waals surface area contributed by atoms with Gasteiger partial charge in [-0.25, -0.2) is 8.42 Å². The molecule has 8 heteroatoms. The van der Waals surface area contributed by atoms with Crippen LogP contribution in [0, 0.1) is 13.8 Å². The highest BCUT2D eigenvalue weighted by Gasteiger charge is 2.20. The molecule has 0 spiro atoms. The number of rotatable bonds is 6. The Kier molecular flexibility index (Phi) is 6.41. The summed E-state index contributed by atoms with van der Waals surface area (Å²) in [6.07, 6.45) is 0. The average Bonchev–Trinajstić information content (AvgIpc) is 2.70. The second-order valence-corrected chi connectivity index (χ2v) is 9.17. The predicted octanol–water partition coefficient (Wildman–Crippen LogP) is 3.67. The Hall–Kier alpha value is -3.65. The van der Waals surface area contributed by atoms with Gasteiger partial charge in [0.05, 0.1) is 10.6 Å². The fourth-order valence-corrected chi connectivity index (χ4v) is 4.11. The smallest absolute Gasteiger partial charge is 0.255 e. The van der Waals surface area contributed by atoms with Gasteiger partial charge in [-0.1, -0.05) is 29.8 Å². The summed E-state index contributed by atoms with van der Waals surface area (Å²) >= 11 is 0. The molecule has 0 bridgehead atoms. The number of aryl methyl sites for hydroxylation is 2. The van der Waals surface area contributed by atoms with Crippen molar-refractivity contribution in [3.8, 4) is 5.75 Å². The lowest BCUT2D eigenvalue weighted by Crippen LogP contribution is -2.23. The topological polar surface area (TPSA) is 113 Å². The van der Waals surface area contributed by atoms with Gasteiger partial charge in [0.1, 0.15) is 11.5 Å². The van der Waals surface area contributed by atoms with E-state index in [4.69, 9.17) is 0 Å². The second kappa shape index (κ2) is 9.01. The van der Waals surface area contributed by atoms with Crippen molar-refractivity contribution >= 4 is 33.0 Å². The molecular formula is C23H22N2O5S. The first kappa shape index (κ1) is 22.0. The lowest BCUT2D eigenvalue weighted by Gasteiger charge is -2.11. The number of carbonyl (C=O) groups excluding carboxylic acids is 2. The Bertz CT molecular complexity index is 1240. The van der Waals surface area contributed by atoms with Gasteiger partial charge in [-0.05, 0) is 55.8 Å². The molecule has 0 aliphatic heterocycles. The number of hydrogen-bond donors (Lipinski definition) is 3. The number of phenols is 1. The molecule has 31 heavy (non-hydrogen) atoms. The van der Waals surface area contributed by atoms with E-state index in [1.54, 1.807) is 43.3 Å². The number of carbonyl (C=O) groups is 2. The molecule has 3 aromatic carbocycles. The molecular weight excluding hydrogens is 416 g/mol. The first-order valence-electron chi connectivity index (χ1n) is 9.44. The number of phenolic OH excluding ortho intramolecular Hbond substituents is 1. The number of sulfone groups is 1. The van der Waals surface area contributed by atoms with Crippen molar-refractivity contribution in [1.29, 1.82) is 0 Å². The number of aromatic hydroxyl groups is 1. The van der Waals surface area contributed by atoms with Crippen LogP contribution >= 0.6 is 0 Å². The molecule has 3 aromatic rings. The predicted molar refractivity (Wildman–Crippen MR) is 119 cm³/mol. The van der Waals surface area contributed by atoms with Crippen LogP contribution in [0.4, 0.5) is 11.4 Å². The fourth-order valence-electron chi connectivity index (χ4n) is 2.88. The van der Waals surface area contributed by atoms with Crippen molar-refractivity contribution < 1.29 is 23.1 Å². The first-order valence-corrected chi connectivity index (χ1v) is 11.1. The van der Waals surface area contributed by atoms with Crippen molar-refractivity contribution in [3.05, 3.63) is 83.4 Å². The van der Waals surface area contributed by atoms with E-state index in [9.17, 15) is 23.1 Å². The van der Waals surface area contributed by atoms with E-state index in [1.165, 1.54) is 30.3 Å². The van der Waals surface area contributed by atoms with Crippen LogP contribution in [0.15, 0.2) is 71.6 Å². The minimum atomic E-state index is -3.80. The first-order chi connectivity index (χ1) is 14.6. The van der Waals surface area contributed by atoms with Crippen LogP contribution in [0.3, 0.4) is 0 Å². The molecule has 3 rings (SSSR count). The quantitative estimate of drug-likeness (QED) is 0.508. The Morgan fingerprint density at radius 2 is 1.58 bits per heavy atom. The molecule has 3 N–H and O–H groups in total. The monoisotopic (exact) mass is 438 g/mol. The molecule has 0 unspecified atom stereocenters. The molecule has 0 heterocycles. The van der Waals surface area contributed by atoms with Crippen LogP contribution in [-0.2, 0) is 14.6 Å². The molecule has 0 fully saturated rings. The van der Waals surface area contributed by atoms with Crippen molar-refractivity contribution in [2.45, 2.75) is 18.7 Å². The third-order valence-corrected chi connectivity index (χ3v) is 6.13. The summed E-state index contributed by atoms with van der Waals surface area (Å²) in [5.41, 5.74) is 2.59. The zero-order valence-electron chi connectivity index (χ0n) is 17.0. The van der Waals surface area contributed by atoms with E-state index in [0.29, 0.717) is 5.56 Å². The van der Waals surface area contributed by atoms with Crippen LogP contribution in [0.2, 0.25) is 0 Å². The second-order valence-electron chi connectivity index (χ2n) is 7.18. The third-order valence-electron chi connectivity index (χ3n) is 4.51. The van der Waals surface area contributed by atoms with Gasteiger partial charge in [0.2, 0.25) is 5.91 Å². The summed E-state index contributed by atoms with van der Waals surface area (Å²) in [6, 6.07) is 17.4. The number of hydrogen-bond acceptors (Lipinski definition) is 5. The minimum absolute atomic E-state index is 0.0691. The van der Waals surface area contributed by atoms with Crippen molar-refractivity contribution in [3.63, 3.8) is 0 Å². The van der Waals surface area contributed by atoms with Gasteiger partial charge in [0.25, 0.3) is 5.91 Å². The molecule has 0 saturated heterocycles. The highest BCUT2D eigenvalue weighted by atomic mass is 32.2. The SMILES string of the molecule is Cc1ccc(C(=O)Nc2ccc(NC(=O)CS(=O)(=O)c3cccc(C)c3)cc2O)cc1. The third kappa shape index (κ3) is 5.70. The summed E-state index contributed by atoms with van der Waals surface area (Å²) in [7, 11) is -3.80. The molecule has 0 aromatic heterocycles. The van der Waals surface area contributed by atoms with Crippen LogP contribution < -0.4 is 10.6 Å². The summed E-state index contributed by atoms with van der Waals surface area (Å²) in [5.74, 6) is -2.13. The Labute approximate surface area is 180 Å². The van der Waals surface area contributed by atoms with Gasteiger partial charge in [-0.3, -0.25) is 9.59 Å². The number of benzene rings is 3. The highest BCUT2D eigenvalue weighted by molar-refractivity contribution is 7.92. The fraction of sp³-hybridized carbons (Fsp3) is 0.130. The van der Waals surface area contributed by atoms with E-state index >= 15 is 0 Å². The van der Waals surface area contributed by atoms with Gasteiger partial charge < -0.3 is 15.7 Å². The normalized spacial score (nSPS) is 11.0. The minimum Gasteiger partial charge on any atom is -0.506 e. The van der Waals surface area contributed by atoms with Gasteiger partial charge in [0.15, 0.2) is 9.84 Å². The average molecular weight is 439 g/mol. The van der Waals surface area contributed by atoms with E-state index in [0.717, 1.165) is 11.1 Å². The molecule has 0 aliphatic carbocycles. The van der Waals surface area contributed by atoms with Crippen LogP contribution in [0.25, 0.3) is 0 Å². The Morgan fingerprint density at radius 3 is 2.23 bits per heavy atom. The zero-order chi connectivity index (χ0) is 22.6. The lowest BCUT2D eigenvalue weighted by atomic mass is 10.1. The Balaban J connectivity index is 1.66. The molecule has 2 amide bonds. The van der Waals surface area contributed by atoms with Crippen LogP contribution in [0.5, 0.6) is 5.75 Å². The Morgan fingerprint density at radius 1 is 0.871 bits per heavy atom. The van der Waals surface area contributed by atoms with Gasteiger partial charge in [-0.15, -0.1) is 0 Å².